The number of aromatic nitrogens is 1. The van der Waals surface area contributed by atoms with Gasteiger partial charge in [-0.1, -0.05) is 6.07 Å². The number of methoxy groups -OCH3 is 1. The molecule has 3 heterocycles. The normalized spacial score (nSPS) is 18.5. The van der Waals surface area contributed by atoms with Crippen LogP contribution in [-0.2, 0) is 20.7 Å². The third-order valence-corrected chi connectivity index (χ3v) is 8.85. The van der Waals surface area contributed by atoms with E-state index in [1.54, 1.807) is 44.5 Å². The summed E-state index contributed by atoms with van der Waals surface area (Å²) in [5.41, 5.74) is 0.286. The van der Waals surface area contributed by atoms with E-state index < -0.39 is 17.0 Å². The summed E-state index contributed by atoms with van der Waals surface area (Å²) < 4.78 is 51.8. The number of ether oxygens (including phenoxy) is 4. The number of benzene rings is 3. The Balaban J connectivity index is 1.11. The number of rotatable bonds is 12. The Morgan fingerprint density at radius 3 is 2.49 bits per heavy atom. The predicted molar refractivity (Wildman–Crippen MR) is 172 cm³/mol. The number of pyridine rings is 1. The van der Waals surface area contributed by atoms with Gasteiger partial charge in [0.25, 0.3) is 0 Å². The molecule has 9 nitrogen and oxygen atoms in total. The number of hydrogen-bond donors (Lipinski definition) is 0. The van der Waals surface area contributed by atoms with Crippen LogP contribution >= 0.6 is 0 Å². The van der Waals surface area contributed by atoms with E-state index in [0.29, 0.717) is 59.0 Å². The number of amides is 1. The van der Waals surface area contributed by atoms with Crippen molar-refractivity contribution in [2.45, 2.75) is 26.2 Å². The van der Waals surface area contributed by atoms with Crippen molar-refractivity contribution in [1.82, 2.24) is 9.88 Å². The Labute approximate surface area is 272 Å². The molecule has 246 valence electrons. The molecule has 1 amide bonds. The van der Waals surface area contributed by atoms with E-state index in [1.807, 2.05) is 0 Å². The van der Waals surface area contributed by atoms with Crippen molar-refractivity contribution >= 4 is 28.3 Å². The Hall–Kier alpha value is -4.61. The van der Waals surface area contributed by atoms with E-state index in [1.165, 1.54) is 41.3 Å². The molecule has 6 rings (SSSR count). The Morgan fingerprint density at radius 2 is 1.74 bits per heavy atom. The lowest BCUT2D eigenvalue weighted by atomic mass is 9.81. The first kappa shape index (κ1) is 32.3. The standard InChI is InChI=1S/C36H37F2N3O6/c1-36(11-14-41(35(36)43)26-7-5-25(37)6-8-26)34(42)21-24-4-9-31(28(38)20-24)47-30-10-12-39-29-23-33(32(44-2)22-27(29)30)46-17-3-13-40-15-18-45-19-16-40/h4-10,12,20,22-23H,3,11,13-19,21H2,1-2H3/t36-/m1/s1. The van der Waals surface area contributed by atoms with Crippen LogP contribution in [0.25, 0.3) is 10.9 Å². The summed E-state index contributed by atoms with van der Waals surface area (Å²) in [7, 11) is 1.55. The van der Waals surface area contributed by atoms with Gasteiger partial charge in [-0.05, 0) is 73.9 Å². The monoisotopic (exact) mass is 645 g/mol. The van der Waals surface area contributed by atoms with Gasteiger partial charge in [0.1, 0.15) is 17.0 Å². The molecule has 2 saturated heterocycles. The smallest absolute Gasteiger partial charge is 0.240 e. The average Bonchev–Trinajstić information content (AvgIpc) is 3.39. The van der Waals surface area contributed by atoms with E-state index in [2.05, 4.69) is 9.88 Å². The fourth-order valence-corrected chi connectivity index (χ4v) is 5.99. The topological polar surface area (TPSA) is 90.4 Å². The zero-order chi connectivity index (χ0) is 33.0. The minimum Gasteiger partial charge on any atom is -0.493 e. The fourth-order valence-electron chi connectivity index (χ4n) is 5.99. The summed E-state index contributed by atoms with van der Waals surface area (Å²) >= 11 is 0. The molecule has 11 heteroatoms. The minimum atomic E-state index is -1.26. The van der Waals surface area contributed by atoms with Crippen LogP contribution in [0.15, 0.2) is 66.9 Å². The Bertz CT molecular complexity index is 1760. The van der Waals surface area contributed by atoms with E-state index in [-0.39, 0.29) is 23.9 Å². The fraction of sp³-hybridized carbons (Fsp3) is 0.361. The van der Waals surface area contributed by atoms with Gasteiger partial charge in [0.05, 0.1) is 32.4 Å². The quantitative estimate of drug-likeness (QED) is 0.138. The van der Waals surface area contributed by atoms with Crippen LogP contribution in [0.5, 0.6) is 23.0 Å². The maximum absolute atomic E-state index is 15.4. The Kier molecular flexibility index (Phi) is 9.65. The van der Waals surface area contributed by atoms with Crippen LogP contribution in [0.3, 0.4) is 0 Å². The van der Waals surface area contributed by atoms with Crippen LogP contribution in [0.2, 0.25) is 0 Å². The molecule has 1 aromatic heterocycles. The molecule has 0 aliphatic carbocycles. The van der Waals surface area contributed by atoms with E-state index in [9.17, 15) is 14.0 Å². The first-order valence-corrected chi connectivity index (χ1v) is 15.7. The minimum absolute atomic E-state index is 0.0262. The summed E-state index contributed by atoms with van der Waals surface area (Å²) in [6.45, 7) is 6.73. The van der Waals surface area contributed by atoms with Gasteiger partial charge in [0.2, 0.25) is 5.91 Å². The van der Waals surface area contributed by atoms with E-state index in [4.69, 9.17) is 18.9 Å². The van der Waals surface area contributed by atoms with Gasteiger partial charge in [-0.3, -0.25) is 19.5 Å². The number of Topliss-reactive ketones (excluding diaryl/α,β-unsaturated/α-hetero) is 1. The highest BCUT2D eigenvalue weighted by molar-refractivity contribution is 6.14. The van der Waals surface area contributed by atoms with Crippen molar-refractivity contribution in [3.8, 4) is 23.0 Å². The highest BCUT2D eigenvalue weighted by Crippen LogP contribution is 2.39. The number of fused-ring (bicyclic) bond motifs is 1. The van der Waals surface area contributed by atoms with Gasteiger partial charge in [-0.2, -0.15) is 0 Å². The second-order valence-electron chi connectivity index (χ2n) is 12.0. The lowest BCUT2D eigenvalue weighted by Gasteiger charge is -2.26. The van der Waals surface area contributed by atoms with E-state index in [0.717, 1.165) is 39.3 Å². The van der Waals surface area contributed by atoms with Gasteiger partial charge in [0.15, 0.2) is 28.8 Å². The largest absolute Gasteiger partial charge is 0.493 e. The SMILES string of the molecule is COc1cc2c(Oc3ccc(CC(=O)[C@@]4(C)CCN(c5ccc(F)cc5)C4=O)cc3F)ccnc2cc1OCCCN1CCOCC1. The zero-order valence-electron chi connectivity index (χ0n) is 26.5. The molecule has 0 saturated carbocycles. The highest BCUT2D eigenvalue weighted by atomic mass is 19.1. The number of morpholine rings is 1. The summed E-state index contributed by atoms with van der Waals surface area (Å²) in [6.07, 6.45) is 2.61. The molecule has 2 aliphatic rings. The Morgan fingerprint density at radius 1 is 0.957 bits per heavy atom. The van der Waals surface area contributed by atoms with Crippen LogP contribution in [0.4, 0.5) is 14.5 Å². The average molecular weight is 646 g/mol. The van der Waals surface area contributed by atoms with Crippen molar-refractivity contribution < 1.29 is 37.3 Å². The number of carbonyl (C=O) groups is 2. The van der Waals surface area contributed by atoms with Gasteiger partial charge in [-0.25, -0.2) is 8.78 Å². The van der Waals surface area contributed by atoms with Gasteiger partial charge in [-0.15, -0.1) is 0 Å². The number of halogens is 2. The molecule has 3 aromatic carbocycles. The van der Waals surface area contributed by atoms with Crippen molar-refractivity contribution in [3.63, 3.8) is 0 Å². The van der Waals surface area contributed by atoms with Gasteiger partial charge < -0.3 is 23.8 Å². The third-order valence-electron chi connectivity index (χ3n) is 8.85. The second kappa shape index (κ2) is 14.0. The second-order valence-corrected chi connectivity index (χ2v) is 12.0. The van der Waals surface area contributed by atoms with Crippen molar-refractivity contribution in [2.24, 2.45) is 5.41 Å². The summed E-state index contributed by atoms with van der Waals surface area (Å²) in [5, 5.41) is 0.613. The highest BCUT2D eigenvalue weighted by Gasteiger charge is 2.48. The van der Waals surface area contributed by atoms with Crippen LogP contribution < -0.4 is 19.1 Å². The lowest BCUT2D eigenvalue weighted by Crippen LogP contribution is -2.39. The first-order chi connectivity index (χ1) is 22.7. The van der Waals surface area contributed by atoms with Crippen LogP contribution in [0.1, 0.15) is 25.3 Å². The van der Waals surface area contributed by atoms with E-state index >= 15 is 4.39 Å². The zero-order valence-corrected chi connectivity index (χ0v) is 26.5. The molecule has 4 aromatic rings. The van der Waals surface area contributed by atoms with Crippen molar-refractivity contribution in [1.29, 1.82) is 0 Å². The molecule has 1 atom stereocenters. The molecular weight excluding hydrogens is 608 g/mol. The molecule has 47 heavy (non-hydrogen) atoms. The van der Waals surface area contributed by atoms with Crippen LogP contribution in [0, 0.1) is 17.0 Å². The molecule has 0 N–H and O–H groups in total. The number of anilines is 1. The lowest BCUT2D eigenvalue weighted by molar-refractivity contribution is -0.136. The molecule has 0 radical (unpaired) electrons. The predicted octanol–water partition coefficient (Wildman–Crippen LogP) is 5.97. The molecule has 0 unspecified atom stereocenters. The molecular formula is C36H37F2N3O6. The molecule has 0 spiro atoms. The molecule has 2 fully saturated rings. The van der Waals surface area contributed by atoms with Crippen molar-refractivity contribution in [2.75, 3.05) is 58.0 Å². The first-order valence-electron chi connectivity index (χ1n) is 15.7. The third kappa shape index (κ3) is 7.06. The number of hydrogen-bond acceptors (Lipinski definition) is 8. The maximum Gasteiger partial charge on any atom is 0.240 e. The number of carbonyl (C=O) groups excluding carboxylic acids is 2. The number of nitrogens with zero attached hydrogens (tertiary/aromatic N) is 3. The number of ketones is 1. The van der Waals surface area contributed by atoms with Crippen LogP contribution in [-0.4, -0.2) is 74.7 Å². The van der Waals surface area contributed by atoms with Gasteiger partial charge in [0, 0.05) is 55.9 Å². The van der Waals surface area contributed by atoms with Gasteiger partial charge >= 0.3 is 0 Å². The summed E-state index contributed by atoms with van der Waals surface area (Å²) in [4.78, 5) is 34.9. The maximum atomic E-state index is 15.4. The summed E-state index contributed by atoms with van der Waals surface area (Å²) in [6, 6.07) is 15.1. The molecule has 2 aliphatic heterocycles. The van der Waals surface area contributed by atoms with Crippen molar-refractivity contribution in [3.05, 3.63) is 84.1 Å². The summed E-state index contributed by atoms with van der Waals surface area (Å²) in [5.74, 6) is -0.311. The molecule has 0 bridgehead atoms.